The van der Waals surface area contributed by atoms with Gasteiger partial charge in [0.05, 0.1) is 7.11 Å². The molecule has 0 aliphatic carbocycles. The molecule has 0 saturated carbocycles. The number of esters is 1. The van der Waals surface area contributed by atoms with E-state index in [1.165, 1.54) is 19.2 Å². The van der Waals surface area contributed by atoms with Gasteiger partial charge in [-0.05, 0) is 30.0 Å². The molecule has 3 nitrogen and oxygen atoms in total. The molecule has 0 aromatic heterocycles. The van der Waals surface area contributed by atoms with Crippen LogP contribution in [0.3, 0.4) is 0 Å². The molecule has 0 aliphatic rings. The molecule has 1 aromatic carbocycles. The Balaban J connectivity index is 2.88. The number of methoxy groups -OCH3 is 1. The minimum Gasteiger partial charge on any atom is -0.468 e. The van der Waals surface area contributed by atoms with Crippen LogP contribution in [-0.4, -0.2) is 19.1 Å². The summed E-state index contributed by atoms with van der Waals surface area (Å²) < 4.78 is 17.9. The van der Waals surface area contributed by atoms with Gasteiger partial charge in [-0.25, -0.2) is 4.39 Å². The second-order valence-corrected chi connectivity index (χ2v) is 5.07. The van der Waals surface area contributed by atoms with Crippen molar-refractivity contribution in [3.8, 4) is 0 Å². The summed E-state index contributed by atoms with van der Waals surface area (Å²) in [5.41, 5.74) is 0.978. The molecule has 3 unspecified atom stereocenters. The molecule has 1 rings (SSSR count). The average Bonchev–Trinajstić information content (AvgIpc) is 2.48. The lowest BCUT2D eigenvalue weighted by Crippen LogP contribution is -2.44. The van der Waals surface area contributed by atoms with Crippen molar-refractivity contribution in [3.63, 3.8) is 0 Å². The van der Waals surface area contributed by atoms with Gasteiger partial charge in [0.15, 0.2) is 0 Å². The Morgan fingerprint density at radius 3 is 2.30 bits per heavy atom. The maximum Gasteiger partial charge on any atom is 0.323 e. The monoisotopic (exact) mass is 281 g/mol. The molecule has 4 heteroatoms. The number of ether oxygens (including phenoxy) is 1. The van der Waals surface area contributed by atoms with E-state index >= 15 is 0 Å². The van der Waals surface area contributed by atoms with Crippen LogP contribution in [0.15, 0.2) is 24.3 Å². The average molecular weight is 281 g/mol. The summed E-state index contributed by atoms with van der Waals surface area (Å²) in [5.74, 6) is -0.327. The quantitative estimate of drug-likeness (QED) is 0.778. The molecule has 1 aromatic rings. The van der Waals surface area contributed by atoms with Crippen LogP contribution in [0.25, 0.3) is 0 Å². The van der Waals surface area contributed by atoms with E-state index in [1.54, 1.807) is 12.1 Å². The summed E-state index contributed by atoms with van der Waals surface area (Å²) in [6, 6.07) is 6.04. The summed E-state index contributed by atoms with van der Waals surface area (Å²) in [6.07, 6.45) is 1.70. The minimum atomic E-state index is -0.347. The first kappa shape index (κ1) is 16.6. The lowest BCUT2D eigenvalue weighted by molar-refractivity contribution is -0.144. The van der Waals surface area contributed by atoms with Crippen molar-refractivity contribution in [2.45, 2.75) is 45.7 Å². The number of carbonyl (C=O) groups excluding carboxylic acids is 1. The number of nitrogens with one attached hydrogen (secondary N) is 1. The van der Waals surface area contributed by atoms with E-state index < -0.39 is 0 Å². The lowest BCUT2D eigenvalue weighted by atomic mass is 9.96. The van der Waals surface area contributed by atoms with E-state index in [4.69, 9.17) is 4.74 Å². The topological polar surface area (TPSA) is 38.3 Å². The van der Waals surface area contributed by atoms with Crippen LogP contribution in [-0.2, 0) is 9.53 Å². The molecule has 0 amide bonds. The van der Waals surface area contributed by atoms with E-state index in [-0.39, 0.29) is 29.8 Å². The lowest BCUT2D eigenvalue weighted by Gasteiger charge is -2.27. The Morgan fingerprint density at radius 2 is 1.85 bits per heavy atom. The fraction of sp³-hybridized carbons (Fsp3) is 0.562. The van der Waals surface area contributed by atoms with Crippen molar-refractivity contribution >= 4 is 5.97 Å². The van der Waals surface area contributed by atoms with Crippen molar-refractivity contribution < 1.29 is 13.9 Å². The molecular formula is C16H24FNO2. The Labute approximate surface area is 120 Å². The summed E-state index contributed by atoms with van der Waals surface area (Å²) in [7, 11) is 1.40. The zero-order valence-electron chi connectivity index (χ0n) is 12.7. The van der Waals surface area contributed by atoms with Gasteiger partial charge in [0.25, 0.3) is 0 Å². The Kier molecular flexibility index (Phi) is 6.65. The van der Waals surface area contributed by atoms with Crippen LogP contribution in [0.2, 0.25) is 0 Å². The van der Waals surface area contributed by atoms with Crippen LogP contribution < -0.4 is 5.32 Å². The third kappa shape index (κ3) is 4.30. The van der Waals surface area contributed by atoms with Crippen molar-refractivity contribution in [3.05, 3.63) is 35.6 Å². The minimum absolute atomic E-state index is 0.00806. The van der Waals surface area contributed by atoms with Gasteiger partial charge < -0.3 is 4.74 Å². The highest BCUT2D eigenvalue weighted by Gasteiger charge is 2.27. The molecule has 3 atom stereocenters. The number of carbonyl (C=O) groups is 1. The summed E-state index contributed by atoms with van der Waals surface area (Å²) in [5, 5.41) is 3.34. The van der Waals surface area contributed by atoms with Crippen molar-refractivity contribution in [2.24, 2.45) is 5.92 Å². The van der Waals surface area contributed by atoms with E-state index in [0.29, 0.717) is 0 Å². The van der Waals surface area contributed by atoms with Crippen LogP contribution >= 0.6 is 0 Å². The molecule has 112 valence electrons. The molecule has 0 spiro atoms. The van der Waals surface area contributed by atoms with Crippen molar-refractivity contribution in [1.82, 2.24) is 5.32 Å². The predicted molar refractivity (Wildman–Crippen MR) is 77.8 cm³/mol. The first-order valence-electron chi connectivity index (χ1n) is 7.12. The Bertz CT molecular complexity index is 419. The number of benzene rings is 1. The molecule has 0 saturated heterocycles. The highest BCUT2D eigenvalue weighted by molar-refractivity contribution is 5.76. The van der Waals surface area contributed by atoms with Crippen molar-refractivity contribution in [2.75, 3.05) is 7.11 Å². The summed E-state index contributed by atoms with van der Waals surface area (Å²) in [6.45, 7) is 6.10. The van der Waals surface area contributed by atoms with Crippen LogP contribution in [0.4, 0.5) is 4.39 Å². The maximum absolute atomic E-state index is 13.0. The zero-order chi connectivity index (χ0) is 15.1. The fourth-order valence-electron chi connectivity index (χ4n) is 2.19. The number of rotatable bonds is 7. The van der Waals surface area contributed by atoms with Crippen LogP contribution in [0.5, 0.6) is 0 Å². The van der Waals surface area contributed by atoms with Gasteiger partial charge in [-0.3, -0.25) is 10.1 Å². The number of hydrogen-bond donors (Lipinski definition) is 1. The largest absolute Gasteiger partial charge is 0.468 e. The van der Waals surface area contributed by atoms with Gasteiger partial charge in [-0.15, -0.1) is 0 Å². The highest BCUT2D eigenvalue weighted by Crippen LogP contribution is 2.20. The summed E-state index contributed by atoms with van der Waals surface area (Å²) in [4.78, 5) is 11.9. The van der Waals surface area contributed by atoms with Gasteiger partial charge in [0.1, 0.15) is 11.9 Å². The Morgan fingerprint density at radius 1 is 1.25 bits per heavy atom. The third-order valence-corrected chi connectivity index (χ3v) is 3.73. The second-order valence-electron chi connectivity index (χ2n) is 5.07. The number of halogens is 1. The predicted octanol–water partition coefficient (Wildman–Crippen LogP) is 3.45. The number of hydrogen-bond acceptors (Lipinski definition) is 3. The molecule has 20 heavy (non-hydrogen) atoms. The first-order valence-corrected chi connectivity index (χ1v) is 7.12. The van der Waals surface area contributed by atoms with E-state index in [0.717, 1.165) is 18.4 Å². The highest BCUT2D eigenvalue weighted by atomic mass is 19.1. The third-order valence-electron chi connectivity index (χ3n) is 3.73. The van der Waals surface area contributed by atoms with Crippen LogP contribution in [0, 0.1) is 11.7 Å². The Hall–Kier alpha value is -1.42. The summed E-state index contributed by atoms with van der Waals surface area (Å²) >= 11 is 0. The van der Waals surface area contributed by atoms with Gasteiger partial charge in [0, 0.05) is 6.04 Å². The molecule has 0 radical (unpaired) electrons. The molecule has 0 fully saturated rings. The fourth-order valence-corrected chi connectivity index (χ4v) is 2.19. The van der Waals surface area contributed by atoms with Gasteiger partial charge >= 0.3 is 5.97 Å². The SMILES string of the molecule is CCC(NC(C(=O)OC)C(C)CC)c1ccc(F)cc1. The zero-order valence-corrected chi connectivity index (χ0v) is 12.7. The smallest absolute Gasteiger partial charge is 0.323 e. The maximum atomic E-state index is 13.0. The van der Waals surface area contributed by atoms with Crippen LogP contribution in [0.1, 0.15) is 45.2 Å². The normalized spacial score (nSPS) is 15.4. The first-order chi connectivity index (χ1) is 9.53. The van der Waals surface area contributed by atoms with Gasteiger partial charge in [-0.1, -0.05) is 39.3 Å². The molecule has 1 N–H and O–H groups in total. The second kappa shape index (κ2) is 8.00. The standard InChI is InChI=1S/C16H24FNO2/c1-5-11(3)15(16(19)20-4)18-14(6-2)12-7-9-13(17)10-8-12/h7-11,14-15,18H,5-6H2,1-4H3. The van der Waals surface area contributed by atoms with Gasteiger partial charge in [-0.2, -0.15) is 0 Å². The molecule has 0 bridgehead atoms. The van der Waals surface area contributed by atoms with E-state index in [2.05, 4.69) is 5.32 Å². The molecule has 0 heterocycles. The molecule has 0 aliphatic heterocycles. The van der Waals surface area contributed by atoms with E-state index in [1.807, 2.05) is 20.8 Å². The van der Waals surface area contributed by atoms with Gasteiger partial charge in [0.2, 0.25) is 0 Å². The van der Waals surface area contributed by atoms with E-state index in [9.17, 15) is 9.18 Å². The molecular weight excluding hydrogens is 257 g/mol. The van der Waals surface area contributed by atoms with Crippen molar-refractivity contribution in [1.29, 1.82) is 0 Å².